The van der Waals surface area contributed by atoms with Crippen molar-refractivity contribution >= 4 is 23.5 Å². The number of halogens is 1. The second kappa shape index (κ2) is 9.33. The van der Waals surface area contributed by atoms with Gasteiger partial charge < -0.3 is 25.0 Å². The summed E-state index contributed by atoms with van der Waals surface area (Å²) in [5, 5.41) is 12.3. The van der Waals surface area contributed by atoms with E-state index in [9.17, 15) is 23.9 Å². The van der Waals surface area contributed by atoms with Crippen LogP contribution in [0.4, 0.5) is 10.1 Å². The molecule has 9 heteroatoms. The summed E-state index contributed by atoms with van der Waals surface area (Å²) in [4.78, 5) is 40.4. The van der Waals surface area contributed by atoms with Gasteiger partial charge in [-0.05, 0) is 50.6 Å². The third kappa shape index (κ3) is 5.64. The van der Waals surface area contributed by atoms with Crippen LogP contribution >= 0.6 is 0 Å². The predicted octanol–water partition coefficient (Wildman–Crippen LogP) is 2.08. The maximum absolute atomic E-state index is 12.9. The van der Waals surface area contributed by atoms with Crippen LogP contribution in [0.15, 0.2) is 24.3 Å². The number of anilines is 1. The van der Waals surface area contributed by atoms with Crippen molar-refractivity contribution in [3.8, 4) is 0 Å². The fourth-order valence-corrected chi connectivity index (χ4v) is 2.94. The Kier molecular flexibility index (Phi) is 7.11. The minimum atomic E-state index is -0.750. The SMILES string of the molecule is Cc1[nH]c(C(=O)OCC(=O)N(C)CC(=O)Nc2ccc(F)cc2)c(C)c1[C@H](C)O. The number of ether oxygens (including phenoxy) is 1. The number of rotatable bonds is 7. The van der Waals surface area contributed by atoms with Gasteiger partial charge in [0.1, 0.15) is 11.5 Å². The molecule has 0 bridgehead atoms. The Morgan fingerprint density at radius 2 is 1.86 bits per heavy atom. The van der Waals surface area contributed by atoms with Gasteiger partial charge in [0.05, 0.1) is 12.6 Å². The summed E-state index contributed by atoms with van der Waals surface area (Å²) in [5.74, 6) is -2.19. The average Bonchev–Trinajstić information content (AvgIpc) is 2.95. The number of esters is 1. The summed E-state index contributed by atoms with van der Waals surface area (Å²) in [5.41, 5.74) is 2.38. The van der Waals surface area contributed by atoms with Gasteiger partial charge in [-0.25, -0.2) is 9.18 Å². The lowest BCUT2D eigenvalue weighted by atomic mass is 10.1. The zero-order chi connectivity index (χ0) is 21.7. The van der Waals surface area contributed by atoms with E-state index in [1.807, 2.05) is 0 Å². The molecule has 1 atom stereocenters. The first kappa shape index (κ1) is 22.1. The highest BCUT2D eigenvalue weighted by Crippen LogP contribution is 2.24. The van der Waals surface area contributed by atoms with Gasteiger partial charge in [-0.2, -0.15) is 0 Å². The van der Waals surface area contributed by atoms with Gasteiger partial charge >= 0.3 is 5.97 Å². The number of aromatic nitrogens is 1. The molecule has 0 fully saturated rings. The van der Waals surface area contributed by atoms with Crippen molar-refractivity contribution in [3.05, 3.63) is 52.6 Å². The summed E-state index contributed by atoms with van der Waals surface area (Å²) in [6, 6.07) is 5.21. The number of benzene rings is 1. The van der Waals surface area contributed by atoms with Crippen LogP contribution in [-0.2, 0) is 14.3 Å². The number of nitrogens with zero attached hydrogens (tertiary/aromatic N) is 1. The molecule has 0 spiro atoms. The number of hydrogen-bond donors (Lipinski definition) is 3. The molecule has 0 saturated carbocycles. The van der Waals surface area contributed by atoms with Crippen LogP contribution in [-0.4, -0.2) is 53.0 Å². The Morgan fingerprint density at radius 3 is 2.41 bits per heavy atom. The van der Waals surface area contributed by atoms with Gasteiger partial charge in [0.25, 0.3) is 5.91 Å². The van der Waals surface area contributed by atoms with Crippen molar-refractivity contribution in [2.24, 2.45) is 0 Å². The molecule has 0 aliphatic rings. The summed E-state index contributed by atoms with van der Waals surface area (Å²) in [7, 11) is 1.40. The Labute approximate surface area is 167 Å². The number of aliphatic hydroxyl groups is 1. The topological polar surface area (TPSA) is 112 Å². The number of nitrogens with one attached hydrogen (secondary N) is 2. The van der Waals surface area contributed by atoms with E-state index in [1.54, 1.807) is 20.8 Å². The Bertz CT molecular complexity index is 906. The number of aryl methyl sites for hydroxylation is 1. The molecule has 3 N–H and O–H groups in total. The average molecular weight is 405 g/mol. The molecule has 0 aliphatic heterocycles. The number of carbonyl (C=O) groups excluding carboxylic acids is 3. The largest absolute Gasteiger partial charge is 0.451 e. The maximum Gasteiger partial charge on any atom is 0.355 e. The first-order valence-corrected chi connectivity index (χ1v) is 8.93. The zero-order valence-electron chi connectivity index (χ0n) is 16.7. The van der Waals surface area contributed by atoms with Gasteiger partial charge in [-0.3, -0.25) is 9.59 Å². The van der Waals surface area contributed by atoms with Crippen LogP contribution in [0.3, 0.4) is 0 Å². The normalized spacial score (nSPS) is 11.7. The van der Waals surface area contributed by atoms with Crippen molar-refractivity contribution in [3.63, 3.8) is 0 Å². The van der Waals surface area contributed by atoms with Crippen LogP contribution in [0.2, 0.25) is 0 Å². The summed E-state index contributed by atoms with van der Waals surface area (Å²) in [6.45, 7) is 4.19. The quantitative estimate of drug-likeness (QED) is 0.611. The van der Waals surface area contributed by atoms with Gasteiger partial charge in [-0.1, -0.05) is 0 Å². The lowest BCUT2D eigenvalue weighted by molar-refractivity contribution is -0.136. The van der Waals surface area contributed by atoms with E-state index >= 15 is 0 Å². The monoisotopic (exact) mass is 405 g/mol. The number of likely N-dealkylation sites (N-methyl/N-ethyl adjacent to an activating group) is 1. The fourth-order valence-electron chi connectivity index (χ4n) is 2.94. The van der Waals surface area contributed by atoms with Gasteiger partial charge in [0.2, 0.25) is 5.91 Å². The standard InChI is InChI=1S/C20H24FN3O5/c1-11-18(13(3)25)12(2)22-19(11)20(28)29-10-17(27)24(4)9-16(26)23-15-7-5-14(21)6-8-15/h5-8,13,22,25H,9-10H2,1-4H3,(H,23,26)/t13-/m0/s1. The number of hydrogen-bond acceptors (Lipinski definition) is 5. The van der Waals surface area contributed by atoms with E-state index in [1.165, 1.54) is 31.3 Å². The van der Waals surface area contributed by atoms with Crippen molar-refractivity contribution in [2.75, 3.05) is 25.5 Å². The van der Waals surface area contributed by atoms with Crippen molar-refractivity contribution < 1.29 is 28.6 Å². The summed E-state index contributed by atoms with van der Waals surface area (Å²) < 4.78 is 17.9. The van der Waals surface area contributed by atoms with E-state index in [-0.39, 0.29) is 12.2 Å². The second-order valence-electron chi connectivity index (χ2n) is 6.72. The zero-order valence-corrected chi connectivity index (χ0v) is 16.7. The molecule has 1 aromatic heterocycles. The molecular weight excluding hydrogens is 381 g/mol. The lowest BCUT2D eigenvalue weighted by Crippen LogP contribution is -2.37. The smallest absolute Gasteiger partial charge is 0.355 e. The number of H-pyrrole nitrogens is 1. The van der Waals surface area contributed by atoms with E-state index in [0.29, 0.717) is 22.5 Å². The van der Waals surface area contributed by atoms with Crippen molar-refractivity contribution in [1.29, 1.82) is 0 Å². The highest BCUT2D eigenvalue weighted by Gasteiger charge is 2.22. The molecule has 0 unspecified atom stereocenters. The first-order valence-electron chi connectivity index (χ1n) is 8.93. The molecule has 0 radical (unpaired) electrons. The van der Waals surface area contributed by atoms with Crippen LogP contribution in [0, 0.1) is 19.7 Å². The number of carbonyl (C=O) groups is 3. The molecule has 29 heavy (non-hydrogen) atoms. The predicted molar refractivity (Wildman–Crippen MR) is 104 cm³/mol. The lowest BCUT2D eigenvalue weighted by Gasteiger charge is -2.16. The minimum Gasteiger partial charge on any atom is -0.451 e. The van der Waals surface area contributed by atoms with E-state index in [0.717, 1.165) is 4.90 Å². The van der Waals surface area contributed by atoms with Crippen LogP contribution < -0.4 is 5.32 Å². The molecule has 0 aliphatic carbocycles. The van der Waals surface area contributed by atoms with Crippen LogP contribution in [0.5, 0.6) is 0 Å². The number of aromatic amines is 1. The molecule has 8 nitrogen and oxygen atoms in total. The molecule has 2 rings (SSSR count). The minimum absolute atomic E-state index is 0.169. The highest BCUT2D eigenvalue weighted by atomic mass is 19.1. The maximum atomic E-state index is 12.9. The van der Waals surface area contributed by atoms with Crippen molar-refractivity contribution in [2.45, 2.75) is 26.9 Å². The molecule has 1 aromatic carbocycles. The third-order valence-electron chi connectivity index (χ3n) is 4.38. The third-order valence-corrected chi connectivity index (χ3v) is 4.38. The van der Waals surface area contributed by atoms with Gasteiger partial charge in [0.15, 0.2) is 6.61 Å². The van der Waals surface area contributed by atoms with Gasteiger partial charge in [0, 0.05) is 24.0 Å². The van der Waals surface area contributed by atoms with E-state index < -0.39 is 36.3 Å². The number of amides is 2. The van der Waals surface area contributed by atoms with Gasteiger partial charge in [-0.15, -0.1) is 0 Å². The second-order valence-corrected chi connectivity index (χ2v) is 6.72. The summed E-state index contributed by atoms with van der Waals surface area (Å²) >= 11 is 0. The molecule has 0 saturated heterocycles. The van der Waals surface area contributed by atoms with E-state index in [4.69, 9.17) is 4.74 Å². The highest BCUT2D eigenvalue weighted by molar-refractivity contribution is 5.95. The van der Waals surface area contributed by atoms with Crippen LogP contribution in [0.1, 0.15) is 40.3 Å². The first-order chi connectivity index (χ1) is 13.6. The fraction of sp³-hybridized carbons (Fsp3) is 0.350. The molecule has 2 amide bonds. The van der Waals surface area contributed by atoms with E-state index in [2.05, 4.69) is 10.3 Å². The Morgan fingerprint density at radius 1 is 1.24 bits per heavy atom. The Balaban J connectivity index is 1.88. The molecule has 2 aromatic rings. The summed E-state index contributed by atoms with van der Waals surface area (Å²) in [6.07, 6.45) is -0.750. The Hall–Kier alpha value is -3.20. The van der Waals surface area contributed by atoms with Crippen LogP contribution in [0.25, 0.3) is 0 Å². The molecule has 1 heterocycles. The number of aliphatic hydroxyl groups excluding tert-OH is 1. The molecule has 156 valence electrons. The molecular formula is C20H24FN3O5. The van der Waals surface area contributed by atoms with Crippen molar-refractivity contribution in [1.82, 2.24) is 9.88 Å².